The lowest BCUT2D eigenvalue weighted by Crippen LogP contribution is -2.28. The summed E-state index contributed by atoms with van der Waals surface area (Å²) < 4.78 is 13.6. The average Bonchev–Trinajstić information content (AvgIpc) is 2.39. The van der Waals surface area contributed by atoms with E-state index in [4.69, 9.17) is 5.73 Å². The highest BCUT2D eigenvalue weighted by Crippen LogP contribution is 2.26. The Morgan fingerprint density at radius 3 is 2.40 bits per heavy atom. The van der Waals surface area contributed by atoms with Crippen molar-refractivity contribution in [2.75, 3.05) is 0 Å². The van der Waals surface area contributed by atoms with Gasteiger partial charge in [-0.2, -0.15) is 0 Å². The van der Waals surface area contributed by atoms with Gasteiger partial charge in [0.25, 0.3) is 0 Å². The van der Waals surface area contributed by atoms with Crippen molar-refractivity contribution in [2.24, 2.45) is 5.73 Å². The number of benzene rings is 2. The maximum Gasteiger partial charge on any atom is 0.124 e. The van der Waals surface area contributed by atoms with Crippen LogP contribution in [0.25, 0.3) is 0 Å². The Bertz CT molecular complexity index is 553. The Labute approximate surface area is 132 Å². The summed E-state index contributed by atoms with van der Waals surface area (Å²) in [6.45, 7) is 0. The minimum Gasteiger partial charge on any atom is -0.391 e. The van der Waals surface area contributed by atoms with Crippen LogP contribution in [-0.4, -0.2) is 11.2 Å². The minimum atomic E-state index is -0.718. The predicted molar refractivity (Wildman–Crippen MR) is 84.4 cm³/mol. The lowest BCUT2D eigenvalue weighted by atomic mass is 9.97. The molecule has 108 valence electrons. The molecule has 3 N–H and O–H groups in total. The van der Waals surface area contributed by atoms with E-state index in [1.807, 2.05) is 30.3 Å². The number of hydrogen-bond donors (Lipinski definition) is 2. The first kappa shape index (κ1) is 17.1. The summed E-state index contributed by atoms with van der Waals surface area (Å²) in [5.41, 5.74) is 7.75. The molecule has 0 radical (unpaired) electrons. The monoisotopic (exact) mass is 359 g/mol. The molecule has 0 amide bonds. The summed E-state index contributed by atoms with van der Waals surface area (Å²) in [5.74, 6) is -0.333. The molecular formula is C15H16BrClFNO. The molecular weight excluding hydrogens is 345 g/mol. The largest absolute Gasteiger partial charge is 0.391 e. The quantitative estimate of drug-likeness (QED) is 0.875. The van der Waals surface area contributed by atoms with Crippen molar-refractivity contribution in [2.45, 2.75) is 18.6 Å². The zero-order valence-corrected chi connectivity index (χ0v) is 13.1. The third kappa shape index (κ3) is 4.28. The smallest absolute Gasteiger partial charge is 0.124 e. The highest BCUT2D eigenvalue weighted by Gasteiger charge is 2.19. The number of hydrogen-bond acceptors (Lipinski definition) is 2. The molecule has 2 nitrogen and oxygen atoms in total. The third-order valence-electron chi connectivity index (χ3n) is 3.02. The molecule has 2 atom stereocenters. The van der Waals surface area contributed by atoms with Gasteiger partial charge in [0, 0.05) is 10.9 Å². The van der Waals surface area contributed by atoms with Gasteiger partial charge in [0.15, 0.2) is 0 Å². The van der Waals surface area contributed by atoms with Crippen molar-refractivity contribution in [3.05, 3.63) is 69.9 Å². The standard InChI is InChI=1S/C15H15BrFNO.ClH/c16-13-9-11(17)6-7-12(13)15(18)14(19)8-10-4-2-1-3-5-10;/h1-7,9,14-15,19H,8,18H2;1H/t14-,15+;/m1./s1. The molecule has 2 aromatic carbocycles. The highest BCUT2D eigenvalue weighted by atomic mass is 79.9. The molecule has 0 spiro atoms. The van der Waals surface area contributed by atoms with Crippen molar-refractivity contribution < 1.29 is 9.50 Å². The van der Waals surface area contributed by atoms with Crippen LogP contribution in [0, 0.1) is 5.82 Å². The van der Waals surface area contributed by atoms with Gasteiger partial charge in [-0.1, -0.05) is 52.3 Å². The van der Waals surface area contributed by atoms with Gasteiger partial charge in [-0.3, -0.25) is 0 Å². The summed E-state index contributed by atoms with van der Waals surface area (Å²) in [4.78, 5) is 0. The van der Waals surface area contributed by atoms with E-state index in [-0.39, 0.29) is 18.2 Å². The lowest BCUT2D eigenvalue weighted by molar-refractivity contribution is 0.145. The van der Waals surface area contributed by atoms with E-state index in [1.165, 1.54) is 12.1 Å². The van der Waals surface area contributed by atoms with Crippen LogP contribution in [0.15, 0.2) is 53.0 Å². The second kappa shape index (κ2) is 7.74. The number of nitrogens with two attached hydrogens (primary N) is 1. The van der Waals surface area contributed by atoms with Gasteiger partial charge in [-0.05, 0) is 23.3 Å². The van der Waals surface area contributed by atoms with Crippen LogP contribution in [0.5, 0.6) is 0 Å². The number of aliphatic hydroxyl groups excluding tert-OH is 1. The number of halogens is 3. The van der Waals surface area contributed by atoms with E-state index in [0.29, 0.717) is 16.5 Å². The molecule has 0 aliphatic rings. The van der Waals surface area contributed by atoms with Crippen molar-refractivity contribution in [3.63, 3.8) is 0 Å². The minimum absolute atomic E-state index is 0. The Morgan fingerprint density at radius 1 is 1.15 bits per heavy atom. The van der Waals surface area contributed by atoms with Gasteiger partial charge >= 0.3 is 0 Å². The first-order chi connectivity index (χ1) is 9.08. The molecule has 0 aliphatic carbocycles. The second-order valence-electron chi connectivity index (χ2n) is 4.45. The molecule has 0 bridgehead atoms. The molecule has 20 heavy (non-hydrogen) atoms. The Kier molecular flexibility index (Phi) is 6.62. The molecule has 0 saturated carbocycles. The second-order valence-corrected chi connectivity index (χ2v) is 5.30. The third-order valence-corrected chi connectivity index (χ3v) is 3.71. The van der Waals surface area contributed by atoms with Crippen molar-refractivity contribution >= 4 is 28.3 Å². The van der Waals surface area contributed by atoms with E-state index >= 15 is 0 Å². The molecule has 5 heteroatoms. The predicted octanol–water partition coefficient (Wildman–Crippen LogP) is 3.61. The Hall–Kier alpha value is -0.940. The topological polar surface area (TPSA) is 46.2 Å². The first-order valence-corrected chi connectivity index (χ1v) is 6.80. The van der Waals surface area contributed by atoms with Gasteiger partial charge in [-0.25, -0.2) is 4.39 Å². The van der Waals surface area contributed by atoms with Gasteiger partial charge < -0.3 is 10.8 Å². The summed E-state index contributed by atoms with van der Waals surface area (Å²) in [6.07, 6.45) is -0.254. The zero-order valence-electron chi connectivity index (χ0n) is 10.7. The molecule has 2 aromatic rings. The molecule has 0 aromatic heterocycles. The summed E-state index contributed by atoms with van der Waals surface area (Å²) in [7, 11) is 0. The van der Waals surface area contributed by atoms with Gasteiger partial charge in [0.2, 0.25) is 0 Å². The average molecular weight is 361 g/mol. The fraction of sp³-hybridized carbons (Fsp3) is 0.200. The molecule has 0 aliphatic heterocycles. The molecule has 0 heterocycles. The number of aliphatic hydroxyl groups is 1. The van der Waals surface area contributed by atoms with Gasteiger partial charge in [-0.15, -0.1) is 12.4 Å². The van der Waals surface area contributed by atoms with E-state index in [1.54, 1.807) is 6.07 Å². The Morgan fingerprint density at radius 2 is 1.80 bits per heavy atom. The van der Waals surface area contributed by atoms with Crippen LogP contribution in [0.2, 0.25) is 0 Å². The van der Waals surface area contributed by atoms with E-state index in [2.05, 4.69) is 15.9 Å². The van der Waals surface area contributed by atoms with Gasteiger partial charge in [0.1, 0.15) is 5.82 Å². The van der Waals surface area contributed by atoms with Crippen LogP contribution in [-0.2, 0) is 6.42 Å². The van der Waals surface area contributed by atoms with E-state index < -0.39 is 12.1 Å². The fourth-order valence-corrected chi connectivity index (χ4v) is 2.58. The molecule has 2 rings (SSSR count). The molecule has 0 unspecified atom stereocenters. The summed E-state index contributed by atoms with van der Waals surface area (Å²) in [6, 6.07) is 13.4. The van der Waals surface area contributed by atoms with Crippen LogP contribution in [0.1, 0.15) is 17.2 Å². The first-order valence-electron chi connectivity index (χ1n) is 6.00. The fourth-order valence-electron chi connectivity index (χ4n) is 1.96. The zero-order chi connectivity index (χ0) is 13.8. The van der Waals surface area contributed by atoms with Crippen LogP contribution in [0.3, 0.4) is 0 Å². The summed E-state index contributed by atoms with van der Waals surface area (Å²) >= 11 is 3.27. The van der Waals surface area contributed by atoms with Crippen molar-refractivity contribution in [3.8, 4) is 0 Å². The molecule has 0 saturated heterocycles. The van der Waals surface area contributed by atoms with Crippen LogP contribution < -0.4 is 5.73 Å². The Balaban J connectivity index is 0.00000200. The van der Waals surface area contributed by atoms with Crippen LogP contribution in [0.4, 0.5) is 4.39 Å². The molecule has 0 fully saturated rings. The maximum atomic E-state index is 13.0. The van der Waals surface area contributed by atoms with Crippen molar-refractivity contribution in [1.29, 1.82) is 0 Å². The van der Waals surface area contributed by atoms with E-state index in [0.717, 1.165) is 5.56 Å². The lowest BCUT2D eigenvalue weighted by Gasteiger charge is -2.20. The SMILES string of the molecule is Cl.N[C@@H](c1ccc(F)cc1Br)[C@H](O)Cc1ccccc1. The van der Waals surface area contributed by atoms with Gasteiger partial charge in [0.05, 0.1) is 12.1 Å². The normalized spacial score (nSPS) is 13.4. The van der Waals surface area contributed by atoms with Crippen LogP contribution >= 0.6 is 28.3 Å². The number of rotatable bonds is 4. The summed E-state index contributed by atoms with van der Waals surface area (Å²) in [5, 5.41) is 10.2. The van der Waals surface area contributed by atoms with E-state index in [9.17, 15) is 9.50 Å². The maximum absolute atomic E-state index is 13.0. The van der Waals surface area contributed by atoms with Crippen molar-refractivity contribution in [1.82, 2.24) is 0 Å². The highest BCUT2D eigenvalue weighted by molar-refractivity contribution is 9.10.